The Kier molecular flexibility index (Phi) is 6.87. The summed E-state index contributed by atoms with van der Waals surface area (Å²) in [5, 5.41) is 6.30. The van der Waals surface area contributed by atoms with Crippen LogP contribution < -0.4 is 10.1 Å². The average molecular weight is 311 g/mol. The number of anilines is 1. The molecule has 1 rings (SSSR count). The summed E-state index contributed by atoms with van der Waals surface area (Å²) in [5.74, 6) is -0.208. The number of carbonyl (C=O) groups excluding carboxylic acids is 1. The molecule has 0 saturated heterocycles. The molecular weight excluding hydrogens is 290 g/mol. The van der Waals surface area contributed by atoms with Gasteiger partial charge < -0.3 is 5.32 Å². The van der Waals surface area contributed by atoms with Gasteiger partial charge in [0.1, 0.15) is 0 Å². The van der Waals surface area contributed by atoms with Crippen molar-refractivity contribution in [3.05, 3.63) is 24.3 Å². The third kappa shape index (κ3) is 6.40. The Labute approximate surface area is 125 Å². The number of sulfonamides is 1. The van der Waals surface area contributed by atoms with Crippen LogP contribution in [0.5, 0.6) is 0 Å². The van der Waals surface area contributed by atoms with Gasteiger partial charge in [-0.05, 0) is 37.1 Å². The maximum atomic E-state index is 11.9. The highest BCUT2D eigenvalue weighted by atomic mass is 32.2. The van der Waals surface area contributed by atoms with Crippen LogP contribution >= 0.6 is 0 Å². The number of hydrogen-bond donors (Lipinski definition) is 2. The molecule has 6 nitrogen and oxygen atoms in total. The van der Waals surface area contributed by atoms with Crippen molar-refractivity contribution in [3.8, 4) is 0 Å². The zero-order valence-electron chi connectivity index (χ0n) is 12.3. The number of nitrogens with zero attached hydrogens (tertiary/aromatic N) is 1. The molecule has 0 radical (unpaired) electrons. The fourth-order valence-electron chi connectivity index (χ4n) is 1.63. The number of hydrazone groups is 1. The maximum Gasteiger partial charge on any atom is 0.276 e. The van der Waals surface area contributed by atoms with Crippen molar-refractivity contribution >= 4 is 27.8 Å². The lowest BCUT2D eigenvalue weighted by atomic mass is 10.2. The molecule has 116 valence electrons. The lowest BCUT2D eigenvalue weighted by Gasteiger charge is -2.05. The molecule has 2 N–H and O–H groups in total. The van der Waals surface area contributed by atoms with Crippen LogP contribution in [0, 0.1) is 0 Å². The van der Waals surface area contributed by atoms with Crippen molar-refractivity contribution in [1.82, 2.24) is 4.83 Å². The van der Waals surface area contributed by atoms with E-state index in [0.29, 0.717) is 5.69 Å². The van der Waals surface area contributed by atoms with Gasteiger partial charge in [0.2, 0.25) is 5.91 Å². The Bertz CT molecular complexity index is 580. The Balaban J connectivity index is 2.59. The van der Waals surface area contributed by atoms with E-state index in [1.807, 2.05) is 0 Å². The fraction of sp³-hybridized carbons (Fsp3) is 0.429. The van der Waals surface area contributed by atoms with Gasteiger partial charge in [-0.2, -0.15) is 13.5 Å². The highest BCUT2D eigenvalue weighted by Crippen LogP contribution is 2.13. The minimum atomic E-state index is -3.66. The second kappa shape index (κ2) is 8.41. The molecule has 0 aromatic heterocycles. The number of amides is 1. The van der Waals surface area contributed by atoms with E-state index in [0.717, 1.165) is 25.7 Å². The Morgan fingerprint density at radius 2 is 1.90 bits per heavy atom. The molecule has 0 aliphatic carbocycles. The van der Waals surface area contributed by atoms with E-state index in [4.69, 9.17) is 0 Å². The predicted octanol–water partition coefficient (Wildman–Crippen LogP) is 2.49. The fourth-order valence-corrected chi connectivity index (χ4v) is 2.44. The highest BCUT2D eigenvalue weighted by molar-refractivity contribution is 7.89. The molecule has 0 spiro atoms. The monoisotopic (exact) mass is 311 g/mol. The van der Waals surface area contributed by atoms with Crippen molar-refractivity contribution in [2.75, 3.05) is 5.32 Å². The molecule has 1 amide bonds. The van der Waals surface area contributed by atoms with Gasteiger partial charge in [0.05, 0.1) is 4.90 Å². The van der Waals surface area contributed by atoms with Crippen molar-refractivity contribution in [2.45, 2.75) is 44.4 Å². The molecule has 0 saturated carbocycles. The van der Waals surface area contributed by atoms with Crippen molar-refractivity contribution < 1.29 is 13.2 Å². The van der Waals surface area contributed by atoms with Gasteiger partial charge in [0.25, 0.3) is 10.0 Å². The second-order valence-corrected chi connectivity index (χ2v) is 6.27. The van der Waals surface area contributed by atoms with Crippen molar-refractivity contribution in [2.24, 2.45) is 5.10 Å². The second-order valence-electron chi connectivity index (χ2n) is 4.61. The summed E-state index contributed by atoms with van der Waals surface area (Å²) in [6, 6.07) is 5.89. The van der Waals surface area contributed by atoms with Gasteiger partial charge >= 0.3 is 0 Å². The Morgan fingerprint density at radius 1 is 1.24 bits per heavy atom. The van der Waals surface area contributed by atoms with Gasteiger partial charge in [-0.3, -0.25) is 4.79 Å². The molecule has 0 aliphatic rings. The SMILES string of the molecule is CCCCC/C=N/NS(=O)(=O)c1ccc(NC(C)=O)cc1. The quantitative estimate of drug-likeness (QED) is 0.439. The molecule has 21 heavy (non-hydrogen) atoms. The smallest absolute Gasteiger partial charge is 0.276 e. The zero-order chi connectivity index (χ0) is 15.7. The van der Waals surface area contributed by atoms with E-state index in [1.54, 1.807) is 6.21 Å². The minimum Gasteiger partial charge on any atom is -0.326 e. The van der Waals surface area contributed by atoms with Crippen LogP contribution in [0.1, 0.15) is 39.5 Å². The Morgan fingerprint density at radius 3 is 2.48 bits per heavy atom. The van der Waals surface area contributed by atoms with Crippen LogP contribution in [-0.4, -0.2) is 20.5 Å². The van der Waals surface area contributed by atoms with E-state index in [-0.39, 0.29) is 10.8 Å². The summed E-state index contributed by atoms with van der Waals surface area (Å²) in [6.45, 7) is 3.49. The van der Waals surface area contributed by atoms with E-state index < -0.39 is 10.0 Å². The molecule has 0 unspecified atom stereocenters. The number of nitrogens with one attached hydrogen (secondary N) is 2. The number of carbonyl (C=O) groups is 1. The summed E-state index contributed by atoms with van der Waals surface area (Å²) < 4.78 is 23.9. The van der Waals surface area contributed by atoms with Crippen LogP contribution in [-0.2, 0) is 14.8 Å². The van der Waals surface area contributed by atoms with E-state index in [9.17, 15) is 13.2 Å². The molecule has 7 heteroatoms. The standard InChI is InChI=1S/C14H21N3O3S/c1-3-4-5-6-11-15-17-21(19,20)14-9-7-13(8-10-14)16-12(2)18/h7-11,17H,3-6H2,1-2H3,(H,16,18)/b15-11+. The number of rotatable bonds is 8. The molecule has 1 aromatic rings. The lowest BCUT2D eigenvalue weighted by Crippen LogP contribution is -2.18. The molecule has 1 aromatic carbocycles. The van der Waals surface area contributed by atoms with Crippen LogP contribution in [0.15, 0.2) is 34.3 Å². The number of benzene rings is 1. The zero-order valence-corrected chi connectivity index (χ0v) is 13.1. The van der Waals surface area contributed by atoms with Gasteiger partial charge in [0, 0.05) is 18.8 Å². The molecular formula is C14H21N3O3S. The van der Waals surface area contributed by atoms with Crippen LogP contribution in [0.3, 0.4) is 0 Å². The number of hydrogen-bond acceptors (Lipinski definition) is 4. The molecule has 0 atom stereocenters. The van der Waals surface area contributed by atoms with Crippen LogP contribution in [0.25, 0.3) is 0 Å². The van der Waals surface area contributed by atoms with Crippen LogP contribution in [0.2, 0.25) is 0 Å². The van der Waals surface area contributed by atoms with Gasteiger partial charge in [-0.1, -0.05) is 19.8 Å². The topological polar surface area (TPSA) is 87.6 Å². The first-order chi connectivity index (χ1) is 9.95. The normalized spacial score (nSPS) is 11.5. The third-order valence-electron chi connectivity index (χ3n) is 2.69. The third-order valence-corrected chi connectivity index (χ3v) is 3.92. The van der Waals surface area contributed by atoms with E-state index in [1.165, 1.54) is 31.2 Å². The van der Waals surface area contributed by atoms with Gasteiger partial charge in [-0.25, -0.2) is 4.83 Å². The summed E-state index contributed by atoms with van der Waals surface area (Å²) in [7, 11) is -3.66. The van der Waals surface area contributed by atoms with E-state index >= 15 is 0 Å². The highest BCUT2D eigenvalue weighted by Gasteiger charge is 2.12. The average Bonchev–Trinajstić information content (AvgIpc) is 2.42. The maximum absolute atomic E-state index is 11.9. The first kappa shape index (κ1) is 17.2. The van der Waals surface area contributed by atoms with Crippen molar-refractivity contribution in [1.29, 1.82) is 0 Å². The van der Waals surface area contributed by atoms with Crippen molar-refractivity contribution in [3.63, 3.8) is 0 Å². The number of unbranched alkanes of at least 4 members (excludes halogenated alkanes) is 3. The van der Waals surface area contributed by atoms with E-state index in [2.05, 4.69) is 22.2 Å². The lowest BCUT2D eigenvalue weighted by molar-refractivity contribution is -0.114. The molecule has 0 aliphatic heterocycles. The van der Waals surface area contributed by atoms with Crippen LogP contribution in [0.4, 0.5) is 5.69 Å². The van der Waals surface area contributed by atoms with Gasteiger partial charge in [0.15, 0.2) is 0 Å². The molecule has 0 heterocycles. The largest absolute Gasteiger partial charge is 0.326 e. The molecule has 0 bridgehead atoms. The summed E-state index contributed by atoms with van der Waals surface area (Å²) in [5.41, 5.74) is 0.546. The summed E-state index contributed by atoms with van der Waals surface area (Å²) >= 11 is 0. The first-order valence-electron chi connectivity index (χ1n) is 6.86. The Hall–Kier alpha value is -1.89. The summed E-state index contributed by atoms with van der Waals surface area (Å²) in [4.78, 5) is 13.1. The minimum absolute atomic E-state index is 0.0994. The predicted molar refractivity (Wildman–Crippen MR) is 83.7 cm³/mol. The van der Waals surface area contributed by atoms with Gasteiger partial charge in [-0.15, -0.1) is 0 Å². The first-order valence-corrected chi connectivity index (χ1v) is 8.35. The molecule has 0 fully saturated rings. The summed E-state index contributed by atoms with van der Waals surface area (Å²) in [6.07, 6.45) is 5.52.